The number of aromatic nitrogens is 4. The fourth-order valence-corrected chi connectivity index (χ4v) is 3.90. The van der Waals surface area contributed by atoms with Crippen molar-refractivity contribution in [2.45, 2.75) is 39.5 Å². The highest BCUT2D eigenvalue weighted by molar-refractivity contribution is 5.85. The topological polar surface area (TPSA) is 114 Å². The molecule has 38 heavy (non-hydrogen) atoms. The Balaban J connectivity index is 0.00000200. The molecule has 0 radical (unpaired) electrons. The van der Waals surface area contributed by atoms with Gasteiger partial charge in [0.25, 0.3) is 5.91 Å². The number of hydrogen-bond acceptors (Lipinski definition) is 7. The van der Waals surface area contributed by atoms with Crippen LogP contribution < -0.4 is 15.4 Å². The van der Waals surface area contributed by atoms with Crippen LogP contribution in [0.2, 0.25) is 0 Å². The van der Waals surface area contributed by atoms with Crippen LogP contribution in [-0.2, 0) is 22.7 Å². The first kappa shape index (κ1) is 28.9. The van der Waals surface area contributed by atoms with Gasteiger partial charge in [-0.05, 0) is 50.6 Å². The number of nitrogens with one attached hydrogen (secondary N) is 3. The zero-order chi connectivity index (χ0) is 25.1. The maximum atomic E-state index is 12.1. The van der Waals surface area contributed by atoms with Gasteiger partial charge in [0.15, 0.2) is 12.4 Å². The van der Waals surface area contributed by atoms with Crippen LogP contribution in [0, 0.1) is 0 Å². The lowest BCUT2D eigenvalue weighted by Crippen LogP contribution is -2.43. The van der Waals surface area contributed by atoms with Crippen LogP contribution in [0.15, 0.2) is 60.9 Å². The van der Waals surface area contributed by atoms with Crippen molar-refractivity contribution in [3.05, 3.63) is 72.2 Å². The lowest BCUT2D eigenvalue weighted by molar-refractivity contribution is -0.124. The third-order valence-corrected chi connectivity index (χ3v) is 5.53. The van der Waals surface area contributed by atoms with E-state index in [9.17, 15) is 4.79 Å². The Labute approximate surface area is 233 Å². The zero-order valence-electron chi connectivity index (χ0n) is 21.3. The summed E-state index contributed by atoms with van der Waals surface area (Å²) in [4.78, 5) is 21.7. The van der Waals surface area contributed by atoms with E-state index in [0.717, 1.165) is 33.6 Å². The molecule has 0 fully saturated rings. The third-order valence-electron chi connectivity index (χ3n) is 5.53. The van der Waals surface area contributed by atoms with E-state index in [-0.39, 0.29) is 42.9 Å². The molecule has 5 rings (SSSR count). The first-order chi connectivity index (χ1) is 17.3. The molecule has 0 unspecified atom stereocenters. The molecule has 0 saturated heterocycles. The second-order valence-corrected chi connectivity index (χ2v) is 9.62. The quantitative estimate of drug-likeness (QED) is 0.277. The number of hydrogen-bond donors (Lipinski definition) is 3. The molecule has 0 saturated carbocycles. The van der Waals surface area contributed by atoms with Crippen molar-refractivity contribution in [1.29, 1.82) is 0 Å². The molecule has 9 nitrogen and oxygen atoms in total. The van der Waals surface area contributed by atoms with E-state index in [1.807, 2.05) is 75.5 Å². The van der Waals surface area contributed by atoms with E-state index >= 15 is 0 Å². The Bertz CT molecular complexity index is 1370. The maximum Gasteiger partial charge on any atom is 0.258 e. The Hall–Kier alpha value is -3.66. The van der Waals surface area contributed by atoms with E-state index in [2.05, 4.69) is 20.8 Å². The van der Waals surface area contributed by atoms with Crippen molar-refractivity contribution in [2.24, 2.45) is 0 Å². The first-order valence-electron chi connectivity index (χ1n) is 11.7. The normalized spacial score (nSPS) is 12.1. The largest absolute Gasteiger partial charge is 0.484 e. The molecule has 2 aromatic heterocycles. The molecular weight excluding hydrogens is 527 g/mol. The number of nitrogens with zero attached hydrogens (tertiary/aromatic N) is 3. The number of ether oxygens (including phenoxy) is 2. The summed E-state index contributed by atoms with van der Waals surface area (Å²) in [6.45, 7) is 6.61. The molecule has 0 spiro atoms. The predicted molar refractivity (Wildman–Crippen MR) is 151 cm³/mol. The molecule has 0 bridgehead atoms. The highest BCUT2D eigenvalue weighted by atomic mass is 35.5. The summed E-state index contributed by atoms with van der Waals surface area (Å²) in [6.07, 6.45) is 3.65. The second kappa shape index (κ2) is 12.3. The highest BCUT2D eigenvalue weighted by Gasteiger charge is 2.21. The van der Waals surface area contributed by atoms with Crippen LogP contribution in [0.5, 0.6) is 5.75 Å². The number of aromatic amines is 1. The van der Waals surface area contributed by atoms with Gasteiger partial charge in [-0.25, -0.2) is 9.97 Å². The van der Waals surface area contributed by atoms with Gasteiger partial charge < -0.3 is 20.1 Å². The van der Waals surface area contributed by atoms with E-state index in [1.165, 1.54) is 0 Å². The summed E-state index contributed by atoms with van der Waals surface area (Å²) in [5.41, 5.74) is 5.28. The van der Waals surface area contributed by atoms with Crippen LogP contribution in [0.1, 0.15) is 32.0 Å². The minimum atomic E-state index is -0.314. The van der Waals surface area contributed by atoms with Crippen molar-refractivity contribution >= 4 is 42.2 Å². The SMILES string of the molecule is CC(C)(C)NC(=O)COc1cccc(-c2nc3c(c(Nc4ccc(-c5cn[nH]c5)cc4)n2)COC3)c1.Cl.Cl. The molecule has 1 aliphatic rings. The number of rotatable bonds is 7. The maximum absolute atomic E-state index is 12.1. The Morgan fingerprint density at radius 3 is 2.53 bits per heavy atom. The molecule has 2 aromatic carbocycles. The fourth-order valence-electron chi connectivity index (χ4n) is 3.90. The highest BCUT2D eigenvalue weighted by Crippen LogP contribution is 2.31. The molecule has 4 aromatic rings. The van der Waals surface area contributed by atoms with Gasteiger partial charge in [-0.3, -0.25) is 9.89 Å². The van der Waals surface area contributed by atoms with Crippen molar-refractivity contribution < 1.29 is 14.3 Å². The monoisotopic (exact) mass is 556 g/mol. The van der Waals surface area contributed by atoms with Gasteiger partial charge in [0.1, 0.15) is 11.6 Å². The number of carbonyl (C=O) groups is 1. The summed E-state index contributed by atoms with van der Waals surface area (Å²) in [5.74, 6) is 1.66. The summed E-state index contributed by atoms with van der Waals surface area (Å²) in [6, 6.07) is 15.5. The average molecular weight is 557 g/mol. The van der Waals surface area contributed by atoms with Gasteiger partial charge in [0, 0.05) is 34.1 Å². The van der Waals surface area contributed by atoms with Crippen molar-refractivity contribution in [3.8, 4) is 28.3 Å². The first-order valence-corrected chi connectivity index (χ1v) is 11.7. The van der Waals surface area contributed by atoms with Gasteiger partial charge in [-0.2, -0.15) is 5.10 Å². The molecule has 1 amide bonds. The minimum absolute atomic E-state index is 0. The van der Waals surface area contributed by atoms with Gasteiger partial charge in [0.2, 0.25) is 0 Å². The Morgan fingerprint density at radius 1 is 1.03 bits per heavy atom. The summed E-state index contributed by atoms with van der Waals surface area (Å²) in [7, 11) is 0. The number of carbonyl (C=O) groups excluding carboxylic acids is 1. The molecule has 3 N–H and O–H groups in total. The van der Waals surface area contributed by atoms with Crippen molar-refractivity contribution in [3.63, 3.8) is 0 Å². The molecule has 200 valence electrons. The molecule has 0 aliphatic carbocycles. The van der Waals surface area contributed by atoms with Crippen LogP contribution >= 0.6 is 24.8 Å². The number of benzene rings is 2. The minimum Gasteiger partial charge on any atom is -0.484 e. The smallest absolute Gasteiger partial charge is 0.258 e. The Kier molecular flexibility index (Phi) is 9.32. The number of amides is 1. The van der Waals surface area contributed by atoms with Crippen LogP contribution in [0.3, 0.4) is 0 Å². The van der Waals surface area contributed by atoms with Gasteiger partial charge in [-0.15, -0.1) is 24.8 Å². The predicted octanol–water partition coefficient (Wildman–Crippen LogP) is 5.44. The van der Waals surface area contributed by atoms with E-state index in [0.29, 0.717) is 30.6 Å². The van der Waals surface area contributed by atoms with Gasteiger partial charge >= 0.3 is 0 Å². The standard InChI is InChI=1S/C27H28N6O3.2ClH/c1-27(2,3)33-24(34)16-36-21-6-4-5-18(11-21)25-31-23-15-35-14-22(23)26(32-25)30-20-9-7-17(8-10-20)19-12-28-29-13-19;;/h4-13H,14-16H2,1-3H3,(H,28,29)(H,33,34)(H,30,31,32);2*1H. The summed E-state index contributed by atoms with van der Waals surface area (Å²) in [5, 5.41) is 13.2. The average Bonchev–Trinajstić information content (AvgIpc) is 3.55. The third kappa shape index (κ3) is 7.00. The van der Waals surface area contributed by atoms with E-state index in [1.54, 1.807) is 6.20 Å². The lowest BCUT2D eigenvalue weighted by atomic mass is 10.1. The molecule has 3 heterocycles. The summed E-state index contributed by atoms with van der Waals surface area (Å²) >= 11 is 0. The molecule has 11 heteroatoms. The van der Waals surface area contributed by atoms with E-state index in [4.69, 9.17) is 19.4 Å². The van der Waals surface area contributed by atoms with Crippen LogP contribution in [0.25, 0.3) is 22.5 Å². The van der Waals surface area contributed by atoms with Crippen LogP contribution in [-0.4, -0.2) is 38.2 Å². The fraction of sp³-hybridized carbons (Fsp3) is 0.259. The van der Waals surface area contributed by atoms with Gasteiger partial charge in [-0.1, -0.05) is 24.3 Å². The zero-order valence-corrected chi connectivity index (χ0v) is 22.9. The lowest BCUT2D eigenvalue weighted by Gasteiger charge is -2.20. The Morgan fingerprint density at radius 2 is 1.82 bits per heavy atom. The van der Waals surface area contributed by atoms with Gasteiger partial charge in [0.05, 0.1) is 25.1 Å². The molecule has 0 atom stereocenters. The number of halogens is 2. The van der Waals surface area contributed by atoms with Crippen molar-refractivity contribution in [1.82, 2.24) is 25.5 Å². The second-order valence-electron chi connectivity index (χ2n) is 9.62. The molecule has 1 aliphatic heterocycles. The number of fused-ring (bicyclic) bond motifs is 1. The van der Waals surface area contributed by atoms with Crippen molar-refractivity contribution in [2.75, 3.05) is 11.9 Å². The van der Waals surface area contributed by atoms with Crippen LogP contribution in [0.4, 0.5) is 11.5 Å². The summed E-state index contributed by atoms with van der Waals surface area (Å²) < 4.78 is 11.4. The number of anilines is 2. The molecular formula is C27H30Cl2N6O3. The van der Waals surface area contributed by atoms with E-state index < -0.39 is 0 Å². The number of H-pyrrole nitrogens is 1.